The fourth-order valence-electron chi connectivity index (χ4n) is 1.90. The van der Waals surface area contributed by atoms with Crippen LogP contribution in [-0.2, 0) is 19.4 Å². The quantitative estimate of drug-likeness (QED) is 0.804. The van der Waals surface area contributed by atoms with Crippen molar-refractivity contribution in [1.29, 1.82) is 0 Å². The number of ether oxygens (including phenoxy) is 1. The molecule has 0 unspecified atom stereocenters. The van der Waals surface area contributed by atoms with Gasteiger partial charge in [-0.1, -0.05) is 36.4 Å². The van der Waals surface area contributed by atoms with Gasteiger partial charge in [-0.25, -0.2) is 8.42 Å². The Morgan fingerprint density at radius 1 is 1.11 bits per heavy atom. The van der Waals surface area contributed by atoms with Crippen LogP contribution in [0, 0.1) is 0 Å². The zero-order valence-electron chi connectivity index (χ0n) is 10.5. The van der Waals surface area contributed by atoms with Gasteiger partial charge in [-0.2, -0.15) is 0 Å². The van der Waals surface area contributed by atoms with Crippen LogP contribution in [0.4, 0.5) is 0 Å². The molecule has 0 aliphatic carbocycles. The third kappa shape index (κ3) is 2.93. The largest absolute Gasteiger partial charge is 0.465 e. The number of hydrogen-bond acceptors (Lipinski definition) is 4. The number of fused-ring (bicyclic) bond motifs is 1. The highest BCUT2D eigenvalue weighted by atomic mass is 32.2. The predicted molar refractivity (Wildman–Crippen MR) is 72.6 cm³/mol. The van der Waals surface area contributed by atoms with Crippen LogP contribution in [0.2, 0.25) is 0 Å². The van der Waals surface area contributed by atoms with E-state index in [2.05, 4.69) is 0 Å². The van der Waals surface area contributed by atoms with E-state index in [0.29, 0.717) is 5.39 Å². The smallest absolute Gasteiger partial charge is 0.321 e. The van der Waals surface area contributed by atoms with E-state index in [4.69, 9.17) is 4.74 Å². The molecular formula is C14H14O4S. The lowest BCUT2D eigenvalue weighted by molar-refractivity contribution is -0.139. The maximum absolute atomic E-state index is 12.2. The standard InChI is InChI=1S/C14H14O4S/c1-2-18-14(15)10-19(16,17)13-9-5-7-11-6-3-4-8-12(11)13/h3-9H,2,10H2,1H3. The van der Waals surface area contributed by atoms with Gasteiger partial charge in [-0.15, -0.1) is 0 Å². The van der Waals surface area contributed by atoms with Gasteiger partial charge in [0.05, 0.1) is 11.5 Å². The molecule has 0 aromatic heterocycles. The first kappa shape index (κ1) is 13.5. The molecular weight excluding hydrogens is 264 g/mol. The van der Waals surface area contributed by atoms with Gasteiger partial charge in [-0.05, 0) is 18.4 Å². The van der Waals surface area contributed by atoms with Crippen molar-refractivity contribution in [2.75, 3.05) is 12.4 Å². The molecule has 0 N–H and O–H groups in total. The van der Waals surface area contributed by atoms with Crippen molar-refractivity contribution < 1.29 is 17.9 Å². The molecule has 0 spiro atoms. The van der Waals surface area contributed by atoms with Gasteiger partial charge in [-0.3, -0.25) is 4.79 Å². The van der Waals surface area contributed by atoms with Gasteiger partial charge in [0.25, 0.3) is 0 Å². The molecule has 0 saturated heterocycles. The molecule has 0 bridgehead atoms. The molecule has 0 heterocycles. The Morgan fingerprint density at radius 3 is 2.53 bits per heavy atom. The minimum Gasteiger partial charge on any atom is -0.465 e. The Kier molecular flexibility index (Phi) is 3.85. The molecule has 2 rings (SSSR count). The summed E-state index contributed by atoms with van der Waals surface area (Å²) in [6, 6.07) is 12.2. The molecule has 0 aliphatic rings. The van der Waals surface area contributed by atoms with E-state index in [1.165, 1.54) is 6.07 Å². The van der Waals surface area contributed by atoms with Crippen molar-refractivity contribution in [2.24, 2.45) is 0 Å². The van der Waals surface area contributed by atoms with E-state index in [0.717, 1.165) is 5.39 Å². The van der Waals surface area contributed by atoms with Crippen LogP contribution < -0.4 is 0 Å². The first-order valence-corrected chi connectivity index (χ1v) is 7.56. The highest BCUT2D eigenvalue weighted by Crippen LogP contribution is 2.23. The lowest BCUT2D eigenvalue weighted by atomic mass is 10.1. The highest BCUT2D eigenvalue weighted by Gasteiger charge is 2.22. The second kappa shape index (κ2) is 5.40. The normalized spacial score (nSPS) is 11.4. The van der Waals surface area contributed by atoms with Crippen LogP contribution in [0.1, 0.15) is 6.92 Å². The van der Waals surface area contributed by atoms with Crippen LogP contribution in [0.3, 0.4) is 0 Å². The van der Waals surface area contributed by atoms with E-state index in [1.807, 2.05) is 18.2 Å². The van der Waals surface area contributed by atoms with Gasteiger partial charge in [0.2, 0.25) is 0 Å². The van der Waals surface area contributed by atoms with Crippen LogP contribution in [0.5, 0.6) is 0 Å². The maximum Gasteiger partial charge on any atom is 0.321 e. The van der Waals surface area contributed by atoms with Crippen molar-refractivity contribution in [3.05, 3.63) is 42.5 Å². The summed E-state index contributed by atoms with van der Waals surface area (Å²) >= 11 is 0. The molecule has 2 aromatic carbocycles. The van der Waals surface area contributed by atoms with E-state index < -0.39 is 21.6 Å². The van der Waals surface area contributed by atoms with Crippen LogP contribution >= 0.6 is 0 Å². The van der Waals surface area contributed by atoms with Crippen LogP contribution in [-0.4, -0.2) is 26.7 Å². The van der Waals surface area contributed by atoms with Gasteiger partial charge in [0.15, 0.2) is 15.6 Å². The van der Waals surface area contributed by atoms with E-state index in [9.17, 15) is 13.2 Å². The maximum atomic E-state index is 12.2. The third-order valence-corrected chi connectivity index (χ3v) is 4.34. The summed E-state index contributed by atoms with van der Waals surface area (Å²) in [5.74, 6) is -1.36. The molecule has 0 aliphatic heterocycles. The Labute approximate surface area is 111 Å². The molecule has 0 saturated carbocycles. The van der Waals surface area contributed by atoms with Gasteiger partial charge >= 0.3 is 5.97 Å². The molecule has 19 heavy (non-hydrogen) atoms. The Balaban J connectivity index is 2.46. The lowest BCUT2D eigenvalue weighted by Crippen LogP contribution is -2.18. The number of hydrogen-bond donors (Lipinski definition) is 0. The zero-order chi connectivity index (χ0) is 13.9. The number of carbonyl (C=O) groups is 1. The van der Waals surface area contributed by atoms with Gasteiger partial charge < -0.3 is 4.74 Å². The van der Waals surface area contributed by atoms with Crippen molar-refractivity contribution >= 4 is 26.6 Å². The molecule has 100 valence electrons. The first-order chi connectivity index (χ1) is 9.04. The summed E-state index contributed by atoms with van der Waals surface area (Å²) in [6.45, 7) is 1.81. The van der Waals surface area contributed by atoms with Crippen LogP contribution in [0.15, 0.2) is 47.4 Å². The molecule has 5 heteroatoms. The summed E-state index contributed by atoms with van der Waals surface area (Å²) in [5, 5.41) is 1.45. The van der Waals surface area contributed by atoms with E-state index in [-0.39, 0.29) is 11.5 Å². The fourth-order valence-corrected chi connectivity index (χ4v) is 3.26. The minimum atomic E-state index is -3.68. The summed E-state index contributed by atoms with van der Waals surface area (Å²) < 4.78 is 29.2. The first-order valence-electron chi connectivity index (χ1n) is 5.91. The highest BCUT2D eigenvalue weighted by molar-refractivity contribution is 7.92. The minimum absolute atomic E-state index is 0.165. The Hall–Kier alpha value is -1.88. The lowest BCUT2D eigenvalue weighted by Gasteiger charge is -2.07. The average Bonchev–Trinajstić information content (AvgIpc) is 2.37. The van der Waals surface area contributed by atoms with E-state index in [1.54, 1.807) is 25.1 Å². The predicted octanol–water partition coefficient (Wildman–Crippen LogP) is 2.18. The molecule has 2 aromatic rings. The molecule has 0 amide bonds. The van der Waals surface area contributed by atoms with Crippen LogP contribution in [0.25, 0.3) is 10.8 Å². The third-order valence-electron chi connectivity index (χ3n) is 2.70. The van der Waals surface area contributed by atoms with Gasteiger partial charge in [0.1, 0.15) is 0 Å². The SMILES string of the molecule is CCOC(=O)CS(=O)(=O)c1cccc2ccccc12. The van der Waals surface area contributed by atoms with Gasteiger partial charge in [0, 0.05) is 5.39 Å². The molecule has 0 atom stereocenters. The second-order valence-electron chi connectivity index (χ2n) is 4.04. The topological polar surface area (TPSA) is 60.4 Å². The fraction of sp³-hybridized carbons (Fsp3) is 0.214. The molecule has 0 radical (unpaired) electrons. The number of esters is 1. The Bertz CT molecular complexity index is 699. The summed E-state index contributed by atoms with van der Waals surface area (Å²) in [5.41, 5.74) is 0. The summed E-state index contributed by atoms with van der Waals surface area (Å²) in [4.78, 5) is 11.5. The number of rotatable bonds is 4. The van der Waals surface area contributed by atoms with Crippen molar-refractivity contribution in [2.45, 2.75) is 11.8 Å². The van der Waals surface area contributed by atoms with Crippen molar-refractivity contribution in [3.8, 4) is 0 Å². The van der Waals surface area contributed by atoms with E-state index >= 15 is 0 Å². The number of sulfone groups is 1. The molecule has 4 nitrogen and oxygen atoms in total. The number of carbonyl (C=O) groups excluding carboxylic acids is 1. The summed E-state index contributed by atoms with van der Waals surface area (Å²) in [7, 11) is -3.68. The zero-order valence-corrected chi connectivity index (χ0v) is 11.3. The summed E-state index contributed by atoms with van der Waals surface area (Å²) in [6.07, 6.45) is 0. The number of benzene rings is 2. The monoisotopic (exact) mass is 278 g/mol. The average molecular weight is 278 g/mol. The van der Waals surface area contributed by atoms with Crippen molar-refractivity contribution in [3.63, 3.8) is 0 Å². The van der Waals surface area contributed by atoms with Crippen molar-refractivity contribution in [1.82, 2.24) is 0 Å². The second-order valence-corrected chi connectivity index (χ2v) is 6.00. The Morgan fingerprint density at radius 2 is 1.79 bits per heavy atom. The molecule has 0 fully saturated rings.